The molecule has 0 fully saturated rings. The van der Waals surface area contributed by atoms with Gasteiger partial charge in [-0.25, -0.2) is 19.9 Å². The fraction of sp³-hybridized carbons (Fsp3) is 0.333. The lowest BCUT2D eigenvalue weighted by atomic mass is 10.3. The highest BCUT2D eigenvalue weighted by molar-refractivity contribution is 7.16. The van der Waals surface area contributed by atoms with Crippen molar-refractivity contribution in [3.8, 4) is 0 Å². The van der Waals surface area contributed by atoms with Crippen molar-refractivity contribution < 1.29 is 4.74 Å². The number of anilines is 2. The summed E-state index contributed by atoms with van der Waals surface area (Å²) in [6, 6.07) is 2.02. The molecule has 3 N–H and O–H groups in total. The molecule has 0 saturated heterocycles. The lowest BCUT2D eigenvalue weighted by Crippen LogP contribution is -2.10. The Bertz CT molecular complexity index is 819. The van der Waals surface area contributed by atoms with E-state index < -0.39 is 0 Å². The standard InChI is InChI=1S/C15H18N6OS/c1-3-11-20-14(10-4-5-23-15(10)21-11)18-7-9-6-17-12(8-22-2)19-13(9)16/h4-6H,3,7-8H2,1-2H3,(H2,16,17,19)(H,18,20,21). The van der Waals surface area contributed by atoms with Crippen molar-refractivity contribution in [1.82, 2.24) is 19.9 Å². The van der Waals surface area contributed by atoms with Crippen LogP contribution in [0.5, 0.6) is 0 Å². The first-order valence-electron chi connectivity index (χ1n) is 7.28. The lowest BCUT2D eigenvalue weighted by molar-refractivity contribution is 0.178. The minimum atomic E-state index is 0.346. The van der Waals surface area contributed by atoms with E-state index in [1.165, 1.54) is 0 Å². The van der Waals surface area contributed by atoms with E-state index in [-0.39, 0.29) is 0 Å². The molecule has 3 rings (SSSR count). The Hall–Kier alpha value is -2.32. The molecule has 0 spiro atoms. The van der Waals surface area contributed by atoms with Gasteiger partial charge in [-0.05, 0) is 11.4 Å². The zero-order chi connectivity index (χ0) is 16.2. The van der Waals surface area contributed by atoms with Crippen LogP contribution < -0.4 is 11.1 Å². The molecule has 0 bridgehead atoms. The number of aromatic nitrogens is 4. The molecule has 7 nitrogen and oxygen atoms in total. The Morgan fingerprint density at radius 3 is 2.87 bits per heavy atom. The number of nitrogens with two attached hydrogens (primary N) is 1. The molecule has 0 aliphatic rings. The third-order valence-corrected chi connectivity index (χ3v) is 4.16. The van der Waals surface area contributed by atoms with Crippen LogP contribution in [0, 0.1) is 0 Å². The van der Waals surface area contributed by atoms with Gasteiger partial charge in [-0.1, -0.05) is 6.92 Å². The molecule has 3 aromatic heterocycles. The van der Waals surface area contributed by atoms with E-state index in [0.717, 1.165) is 33.8 Å². The first kappa shape index (κ1) is 15.6. The van der Waals surface area contributed by atoms with Gasteiger partial charge in [0.2, 0.25) is 0 Å². The summed E-state index contributed by atoms with van der Waals surface area (Å²) in [4.78, 5) is 18.5. The molecule has 0 aliphatic carbocycles. The van der Waals surface area contributed by atoms with Crippen LogP contribution in [-0.4, -0.2) is 27.0 Å². The van der Waals surface area contributed by atoms with Crippen LogP contribution in [0.2, 0.25) is 0 Å². The molecule has 0 aromatic carbocycles. The van der Waals surface area contributed by atoms with Gasteiger partial charge >= 0.3 is 0 Å². The topological polar surface area (TPSA) is 98.8 Å². The molecule has 0 unspecified atom stereocenters. The van der Waals surface area contributed by atoms with Crippen LogP contribution in [0.4, 0.5) is 11.6 Å². The largest absolute Gasteiger partial charge is 0.383 e. The van der Waals surface area contributed by atoms with Gasteiger partial charge in [-0.3, -0.25) is 0 Å². The Morgan fingerprint density at radius 2 is 2.13 bits per heavy atom. The van der Waals surface area contributed by atoms with Crippen LogP contribution in [0.1, 0.15) is 24.1 Å². The second-order valence-electron chi connectivity index (χ2n) is 4.96. The predicted molar refractivity (Wildman–Crippen MR) is 91.3 cm³/mol. The van der Waals surface area contributed by atoms with Crippen molar-refractivity contribution in [3.63, 3.8) is 0 Å². The summed E-state index contributed by atoms with van der Waals surface area (Å²) in [5.74, 6) is 2.66. The molecule has 0 saturated carbocycles. The molecular formula is C15H18N6OS. The third-order valence-electron chi connectivity index (χ3n) is 3.36. The van der Waals surface area contributed by atoms with E-state index in [2.05, 4.69) is 25.3 Å². The molecule has 23 heavy (non-hydrogen) atoms. The predicted octanol–water partition coefficient (Wildman–Crippen LogP) is 2.38. The van der Waals surface area contributed by atoms with E-state index in [1.807, 2.05) is 18.4 Å². The highest BCUT2D eigenvalue weighted by Crippen LogP contribution is 2.25. The van der Waals surface area contributed by atoms with Gasteiger partial charge in [0.1, 0.15) is 28.9 Å². The Balaban J connectivity index is 1.82. The first-order valence-corrected chi connectivity index (χ1v) is 8.16. The van der Waals surface area contributed by atoms with Crippen molar-refractivity contribution in [3.05, 3.63) is 34.9 Å². The van der Waals surface area contributed by atoms with Gasteiger partial charge in [0, 0.05) is 31.8 Å². The van der Waals surface area contributed by atoms with Crippen molar-refractivity contribution >= 4 is 33.2 Å². The second-order valence-corrected chi connectivity index (χ2v) is 5.86. The summed E-state index contributed by atoms with van der Waals surface area (Å²) in [7, 11) is 1.60. The third kappa shape index (κ3) is 3.38. The number of hydrogen-bond donors (Lipinski definition) is 2. The first-order chi connectivity index (χ1) is 11.2. The number of hydrogen-bond acceptors (Lipinski definition) is 8. The molecule has 0 radical (unpaired) electrons. The number of rotatable bonds is 6. The molecule has 3 heterocycles. The van der Waals surface area contributed by atoms with E-state index in [1.54, 1.807) is 24.6 Å². The van der Waals surface area contributed by atoms with E-state index in [0.29, 0.717) is 24.8 Å². The number of thiophene rings is 1. The molecular weight excluding hydrogens is 312 g/mol. The van der Waals surface area contributed by atoms with Crippen LogP contribution in [-0.2, 0) is 24.3 Å². The van der Waals surface area contributed by atoms with Gasteiger partial charge in [-0.15, -0.1) is 11.3 Å². The monoisotopic (exact) mass is 330 g/mol. The van der Waals surface area contributed by atoms with Gasteiger partial charge in [-0.2, -0.15) is 0 Å². The highest BCUT2D eigenvalue weighted by atomic mass is 32.1. The van der Waals surface area contributed by atoms with Crippen LogP contribution in [0.15, 0.2) is 17.6 Å². The zero-order valence-corrected chi connectivity index (χ0v) is 13.9. The number of nitrogens with one attached hydrogen (secondary N) is 1. The molecule has 3 aromatic rings. The second kappa shape index (κ2) is 6.84. The normalized spacial score (nSPS) is 11.0. The molecule has 0 aliphatic heterocycles. The summed E-state index contributed by atoms with van der Waals surface area (Å²) in [5.41, 5.74) is 6.81. The average molecular weight is 330 g/mol. The fourth-order valence-corrected chi connectivity index (χ4v) is 2.95. The van der Waals surface area contributed by atoms with Gasteiger partial charge < -0.3 is 15.8 Å². The zero-order valence-electron chi connectivity index (χ0n) is 13.0. The Kier molecular flexibility index (Phi) is 4.63. The summed E-state index contributed by atoms with van der Waals surface area (Å²) in [6.07, 6.45) is 2.51. The smallest absolute Gasteiger partial charge is 0.156 e. The summed E-state index contributed by atoms with van der Waals surface area (Å²) in [5, 5.41) is 6.35. The van der Waals surface area contributed by atoms with Gasteiger partial charge in [0.25, 0.3) is 0 Å². The maximum atomic E-state index is 5.99. The number of nitrogens with zero attached hydrogens (tertiary/aromatic N) is 4. The van der Waals surface area contributed by atoms with E-state index >= 15 is 0 Å². The number of fused-ring (bicyclic) bond motifs is 1. The summed E-state index contributed by atoms with van der Waals surface area (Å²) < 4.78 is 5.00. The van der Waals surface area contributed by atoms with Crippen molar-refractivity contribution in [1.29, 1.82) is 0 Å². The lowest BCUT2D eigenvalue weighted by Gasteiger charge is -2.10. The van der Waals surface area contributed by atoms with Crippen LogP contribution in [0.25, 0.3) is 10.2 Å². The van der Waals surface area contributed by atoms with Crippen LogP contribution in [0.3, 0.4) is 0 Å². The summed E-state index contributed by atoms with van der Waals surface area (Å²) >= 11 is 1.61. The quantitative estimate of drug-likeness (QED) is 0.716. The maximum Gasteiger partial charge on any atom is 0.156 e. The Labute approximate surface area is 138 Å². The average Bonchev–Trinajstić information content (AvgIpc) is 3.02. The van der Waals surface area contributed by atoms with Crippen molar-refractivity contribution in [2.75, 3.05) is 18.2 Å². The SMILES string of the molecule is CCc1nc(NCc2cnc(COC)nc2N)c2ccsc2n1. The summed E-state index contributed by atoms with van der Waals surface area (Å²) in [6.45, 7) is 2.89. The number of ether oxygens (including phenoxy) is 1. The van der Waals surface area contributed by atoms with Gasteiger partial charge in [0.05, 0.1) is 5.39 Å². The molecule has 0 atom stereocenters. The molecule has 120 valence electrons. The number of methoxy groups -OCH3 is 1. The van der Waals surface area contributed by atoms with Gasteiger partial charge in [0.15, 0.2) is 5.82 Å². The minimum Gasteiger partial charge on any atom is -0.383 e. The fourth-order valence-electron chi connectivity index (χ4n) is 2.16. The van der Waals surface area contributed by atoms with Crippen LogP contribution >= 0.6 is 11.3 Å². The van der Waals surface area contributed by atoms with E-state index in [4.69, 9.17) is 10.5 Å². The number of nitrogen functional groups attached to an aromatic ring is 1. The van der Waals surface area contributed by atoms with E-state index in [9.17, 15) is 0 Å². The van der Waals surface area contributed by atoms with Crippen molar-refractivity contribution in [2.24, 2.45) is 0 Å². The number of aryl methyl sites for hydroxylation is 1. The highest BCUT2D eigenvalue weighted by Gasteiger charge is 2.10. The minimum absolute atomic E-state index is 0.346. The maximum absolute atomic E-state index is 5.99. The molecule has 0 amide bonds. The Morgan fingerprint density at radius 1 is 1.26 bits per heavy atom. The van der Waals surface area contributed by atoms with Crippen molar-refractivity contribution in [2.45, 2.75) is 26.5 Å². The molecule has 8 heteroatoms.